The molecule has 0 heterocycles. The molecule has 0 fully saturated rings. The number of rotatable bonds is 6. The van der Waals surface area contributed by atoms with Gasteiger partial charge in [0.05, 0.1) is 0 Å². The molecule has 0 radical (unpaired) electrons. The Labute approximate surface area is 76.9 Å². The van der Waals surface area contributed by atoms with Crippen molar-refractivity contribution in [1.82, 2.24) is 5.32 Å². The minimum atomic E-state index is 0.351. The van der Waals surface area contributed by atoms with Crippen molar-refractivity contribution < 1.29 is 0 Å². The Bertz CT molecular complexity index is 108. The van der Waals surface area contributed by atoms with Crippen LogP contribution in [0.1, 0.15) is 34.1 Å². The van der Waals surface area contributed by atoms with E-state index in [-0.39, 0.29) is 0 Å². The third-order valence-corrected chi connectivity index (χ3v) is 1.98. The lowest BCUT2D eigenvalue weighted by atomic mass is 9.89. The third-order valence-electron chi connectivity index (χ3n) is 1.98. The minimum absolute atomic E-state index is 0.351. The van der Waals surface area contributed by atoms with Crippen LogP contribution in [0.15, 0.2) is 0 Å². The van der Waals surface area contributed by atoms with Gasteiger partial charge in [-0.25, -0.2) is 0 Å². The summed E-state index contributed by atoms with van der Waals surface area (Å²) >= 11 is 0. The lowest BCUT2D eigenvalue weighted by molar-refractivity contribution is 0.313. The van der Waals surface area contributed by atoms with Crippen LogP contribution in [0.3, 0.4) is 0 Å². The summed E-state index contributed by atoms with van der Waals surface area (Å²) in [5.74, 6) is 0.735. The molecule has 0 atom stereocenters. The van der Waals surface area contributed by atoms with E-state index in [0.717, 1.165) is 32.0 Å². The van der Waals surface area contributed by atoms with Gasteiger partial charge < -0.3 is 11.1 Å². The SMILES string of the molecule is CC(C)CNCC(C)(C)CCN. The normalized spacial score (nSPS) is 12.5. The first-order chi connectivity index (χ1) is 5.48. The molecule has 0 saturated heterocycles. The van der Waals surface area contributed by atoms with Crippen molar-refractivity contribution in [3.05, 3.63) is 0 Å². The molecular weight excluding hydrogens is 148 g/mol. The molecule has 0 aromatic carbocycles. The Hall–Kier alpha value is -0.0800. The largest absolute Gasteiger partial charge is 0.330 e. The molecule has 0 aliphatic carbocycles. The van der Waals surface area contributed by atoms with Gasteiger partial charge in [-0.3, -0.25) is 0 Å². The quantitative estimate of drug-likeness (QED) is 0.639. The zero-order valence-corrected chi connectivity index (χ0v) is 8.98. The van der Waals surface area contributed by atoms with Gasteiger partial charge in [-0.1, -0.05) is 27.7 Å². The van der Waals surface area contributed by atoms with E-state index in [9.17, 15) is 0 Å². The van der Waals surface area contributed by atoms with Gasteiger partial charge in [0.15, 0.2) is 0 Å². The van der Waals surface area contributed by atoms with Crippen molar-refractivity contribution in [1.29, 1.82) is 0 Å². The van der Waals surface area contributed by atoms with Crippen molar-refractivity contribution >= 4 is 0 Å². The molecule has 0 aromatic heterocycles. The fourth-order valence-corrected chi connectivity index (χ4v) is 1.18. The highest BCUT2D eigenvalue weighted by Gasteiger charge is 2.15. The van der Waals surface area contributed by atoms with E-state index in [2.05, 4.69) is 33.0 Å². The average molecular weight is 172 g/mol. The van der Waals surface area contributed by atoms with Crippen molar-refractivity contribution in [3.8, 4) is 0 Å². The Balaban J connectivity index is 3.46. The number of hydrogen-bond acceptors (Lipinski definition) is 2. The van der Waals surface area contributed by atoms with Crippen molar-refractivity contribution in [2.24, 2.45) is 17.1 Å². The van der Waals surface area contributed by atoms with Gasteiger partial charge >= 0.3 is 0 Å². The Morgan fingerprint density at radius 3 is 2.33 bits per heavy atom. The second-order valence-corrected chi connectivity index (χ2v) is 4.73. The summed E-state index contributed by atoms with van der Waals surface area (Å²) < 4.78 is 0. The zero-order chi connectivity index (χ0) is 9.61. The summed E-state index contributed by atoms with van der Waals surface area (Å²) in [5.41, 5.74) is 5.87. The van der Waals surface area contributed by atoms with Crippen LogP contribution in [0.4, 0.5) is 0 Å². The molecule has 3 N–H and O–H groups in total. The number of nitrogens with one attached hydrogen (secondary N) is 1. The summed E-state index contributed by atoms with van der Waals surface area (Å²) in [4.78, 5) is 0. The van der Waals surface area contributed by atoms with Gasteiger partial charge in [-0.15, -0.1) is 0 Å². The maximum atomic E-state index is 5.52. The van der Waals surface area contributed by atoms with E-state index in [1.54, 1.807) is 0 Å². The van der Waals surface area contributed by atoms with E-state index >= 15 is 0 Å². The molecule has 2 nitrogen and oxygen atoms in total. The highest BCUT2D eigenvalue weighted by Crippen LogP contribution is 2.17. The van der Waals surface area contributed by atoms with Crippen LogP contribution < -0.4 is 11.1 Å². The van der Waals surface area contributed by atoms with Crippen LogP contribution in [0.5, 0.6) is 0 Å². The van der Waals surface area contributed by atoms with Gasteiger partial charge in [-0.05, 0) is 30.8 Å². The highest BCUT2D eigenvalue weighted by atomic mass is 14.9. The van der Waals surface area contributed by atoms with E-state index in [0.29, 0.717) is 5.41 Å². The van der Waals surface area contributed by atoms with Crippen LogP contribution in [0, 0.1) is 11.3 Å². The van der Waals surface area contributed by atoms with Crippen LogP contribution in [0.25, 0.3) is 0 Å². The first kappa shape index (κ1) is 11.9. The standard InChI is InChI=1S/C10H24N2/c1-9(2)7-12-8-10(3,4)5-6-11/h9,12H,5-8,11H2,1-4H3. The highest BCUT2D eigenvalue weighted by molar-refractivity contribution is 4.71. The summed E-state index contributed by atoms with van der Waals surface area (Å²) in [5, 5.41) is 3.45. The molecule has 0 saturated carbocycles. The van der Waals surface area contributed by atoms with Gasteiger partial charge in [0, 0.05) is 6.54 Å². The molecule has 0 aliphatic rings. The lowest BCUT2D eigenvalue weighted by Gasteiger charge is -2.24. The van der Waals surface area contributed by atoms with Crippen LogP contribution >= 0.6 is 0 Å². The summed E-state index contributed by atoms with van der Waals surface area (Å²) in [7, 11) is 0. The fourth-order valence-electron chi connectivity index (χ4n) is 1.18. The molecular formula is C10H24N2. The fraction of sp³-hybridized carbons (Fsp3) is 1.00. The Morgan fingerprint density at radius 1 is 1.33 bits per heavy atom. The average Bonchev–Trinajstić information content (AvgIpc) is 1.85. The molecule has 0 unspecified atom stereocenters. The molecule has 2 heteroatoms. The van der Waals surface area contributed by atoms with Crippen LogP contribution in [-0.2, 0) is 0 Å². The topological polar surface area (TPSA) is 38.0 Å². The summed E-state index contributed by atoms with van der Waals surface area (Å²) in [6.07, 6.45) is 1.10. The second-order valence-electron chi connectivity index (χ2n) is 4.73. The van der Waals surface area contributed by atoms with Crippen LogP contribution in [-0.4, -0.2) is 19.6 Å². The second kappa shape index (κ2) is 5.55. The van der Waals surface area contributed by atoms with E-state index < -0.39 is 0 Å². The molecule has 0 aromatic rings. The van der Waals surface area contributed by atoms with Crippen LogP contribution in [0.2, 0.25) is 0 Å². The number of hydrogen-bond donors (Lipinski definition) is 2. The number of nitrogens with two attached hydrogens (primary N) is 1. The first-order valence-electron chi connectivity index (χ1n) is 4.89. The summed E-state index contributed by atoms with van der Waals surface area (Å²) in [6.45, 7) is 11.9. The molecule has 0 spiro atoms. The molecule has 74 valence electrons. The van der Waals surface area contributed by atoms with Gasteiger partial charge in [0.2, 0.25) is 0 Å². The predicted molar refractivity (Wildman–Crippen MR) is 55.2 cm³/mol. The zero-order valence-electron chi connectivity index (χ0n) is 8.98. The molecule has 0 aliphatic heterocycles. The van der Waals surface area contributed by atoms with Crippen molar-refractivity contribution in [3.63, 3.8) is 0 Å². The van der Waals surface area contributed by atoms with Gasteiger partial charge in [0.1, 0.15) is 0 Å². The third kappa shape index (κ3) is 6.62. The smallest absolute Gasteiger partial charge is 0.000310 e. The molecule has 0 bridgehead atoms. The Morgan fingerprint density at radius 2 is 1.92 bits per heavy atom. The van der Waals surface area contributed by atoms with Gasteiger partial charge in [-0.2, -0.15) is 0 Å². The molecule has 12 heavy (non-hydrogen) atoms. The van der Waals surface area contributed by atoms with Gasteiger partial charge in [0.25, 0.3) is 0 Å². The van der Waals surface area contributed by atoms with E-state index in [4.69, 9.17) is 5.73 Å². The van der Waals surface area contributed by atoms with Crippen molar-refractivity contribution in [2.75, 3.05) is 19.6 Å². The lowest BCUT2D eigenvalue weighted by Crippen LogP contribution is -2.33. The van der Waals surface area contributed by atoms with Crippen molar-refractivity contribution in [2.45, 2.75) is 34.1 Å². The minimum Gasteiger partial charge on any atom is -0.330 e. The molecule has 0 rings (SSSR count). The maximum Gasteiger partial charge on any atom is 0.000310 e. The summed E-state index contributed by atoms with van der Waals surface area (Å²) in [6, 6.07) is 0. The first-order valence-corrected chi connectivity index (χ1v) is 4.89. The predicted octanol–water partition coefficient (Wildman–Crippen LogP) is 1.61. The van der Waals surface area contributed by atoms with E-state index in [1.165, 1.54) is 0 Å². The molecule has 0 amide bonds. The Kier molecular flexibility index (Phi) is 5.51. The monoisotopic (exact) mass is 172 g/mol. The van der Waals surface area contributed by atoms with E-state index in [1.807, 2.05) is 0 Å². The maximum absolute atomic E-state index is 5.52.